The number of carbonyl (C=O) groups is 2. The highest BCUT2D eigenvalue weighted by Gasteiger charge is 2.19. The predicted molar refractivity (Wildman–Crippen MR) is 92.9 cm³/mol. The molecule has 0 bridgehead atoms. The van der Waals surface area contributed by atoms with Crippen LogP contribution in [0.5, 0.6) is 0 Å². The summed E-state index contributed by atoms with van der Waals surface area (Å²) in [5.41, 5.74) is 3.11. The normalized spacial score (nSPS) is 10.5. The van der Waals surface area contributed by atoms with Gasteiger partial charge in [0, 0.05) is 12.2 Å². The zero-order valence-corrected chi connectivity index (χ0v) is 14.4. The number of hydrogen-bond acceptors (Lipinski definition) is 3. The summed E-state index contributed by atoms with van der Waals surface area (Å²) in [6, 6.07) is 9.96. The van der Waals surface area contributed by atoms with Crippen LogP contribution < -0.4 is 10.6 Å². The van der Waals surface area contributed by atoms with Gasteiger partial charge in [-0.1, -0.05) is 37.3 Å². The van der Waals surface area contributed by atoms with Gasteiger partial charge in [0.25, 0.3) is 5.91 Å². The molecule has 1 heterocycles. The van der Waals surface area contributed by atoms with Gasteiger partial charge < -0.3 is 10.6 Å². The van der Waals surface area contributed by atoms with E-state index in [4.69, 9.17) is 0 Å². The lowest BCUT2D eigenvalue weighted by molar-refractivity contribution is -0.120. The summed E-state index contributed by atoms with van der Waals surface area (Å²) in [6.07, 6.45) is 0.865. The van der Waals surface area contributed by atoms with E-state index in [0.717, 1.165) is 17.7 Å². The summed E-state index contributed by atoms with van der Waals surface area (Å²) >= 11 is 0. The van der Waals surface area contributed by atoms with E-state index in [1.54, 1.807) is 6.92 Å². The zero-order chi connectivity index (χ0) is 17.5. The molecule has 0 aliphatic rings. The van der Waals surface area contributed by atoms with E-state index in [1.807, 2.05) is 48.9 Å². The molecule has 2 rings (SSSR count). The third kappa shape index (κ3) is 4.44. The lowest BCUT2D eigenvalue weighted by Crippen LogP contribution is -2.37. The second-order valence-corrected chi connectivity index (χ2v) is 5.72. The maximum Gasteiger partial charge on any atom is 0.255 e. The van der Waals surface area contributed by atoms with Crippen LogP contribution in [0.1, 0.15) is 40.7 Å². The van der Waals surface area contributed by atoms with Crippen molar-refractivity contribution in [3.8, 4) is 0 Å². The van der Waals surface area contributed by atoms with Crippen LogP contribution in [-0.2, 0) is 11.3 Å². The van der Waals surface area contributed by atoms with Crippen molar-refractivity contribution < 1.29 is 9.59 Å². The smallest absolute Gasteiger partial charge is 0.255 e. The number of benzene rings is 1. The van der Waals surface area contributed by atoms with Crippen LogP contribution in [0.4, 0.5) is 0 Å². The average Bonchev–Trinajstić information content (AvgIpc) is 2.85. The van der Waals surface area contributed by atoms with Gasteiger partial charge in [0.15, 0.2) is 0 Å². The molecule has 0 fully saturated rings. The van der Waals surface area contributed by atoms with Crippen LogP contribution in [-0.4, -0.2) is 34.7 Å². The minimum atomic E-state index is -0.268. The molecule has 24 heavy (non-hydrogen) atoms. The van der Waals surface area contributed by atoms with E-state index in [0.29, 0.717) is 24.3 Å². The third-order valence-electron chi connectivity index (χ3n) is 3.77. The first-order chi connectivity index (χ1) is 11.5. The quantitative estimate of drug-likeness (QED) is 0.814. The molecule has 0 atom stereocenters. The standard InChI is InChI=1S/C18H24N4O2/c1-4-10-19-16(23)11-20-18(24)17-13(2)21-22(14(17)3)12-15-8-6-5-7-9-15/h5-9H,4,10-12H2,1-3H3,(H,19,23)(H,20,24). The lowest BCUT2D eigenvalue weighted by atomic mass is 10.1. The molecule has 0 aliphatic carbocycles. The van der Waals surface area contributed by atoms with E-state index in [2.05, 4.69) is 15.7 Å². The van der Waals surface area contributed by atoms with Crippen molar-refractivity contribution in [2.24, 2.45) is 0 Å². The zero-order valence-electron chi connectivity index (χ0n) is 14.4. The molecular weight excluding hydrogens is 304 g/mol. The van der Waals surface area contributed by atoms with E-state index in [1.165, 1.54) is 0 Å². The van der Waals surface area contributed by atoms with Crippen molar-refractivity contribution in [1.82, 2.24) is 20.4 Å². The second-order valence-electron chi connectivity index (χ2n) is 5.72. The summed E-state index contributed by atoms with van der Waals surface area (Å²) in [4.78, 5) is 24.0. The number of nitrogens with one attached hydrogen (secondary N) is 2. The first-order valence-corrected chi connectivity index (χ1v) is 8.15. The fourth-order valence-corrected chi connectivity index (χ4v) is 2.51. The van der Waals surface area contributed by atoms with E-state index in [9.17, 15) is 9.59 Å². The highest BCUT2D eigenvalue weighted by atomic mass is 16.2. The first kappa shape index (κ1) is 17.7. The summed E-state index contributed by atoms with van der Waals surface area (Å²) in [5.74, 6) is -0.451. The van der Waals surface area contributed by atoms with Gasteiger partial charge in [-0.3, -0.25) is 14.3 Å². The second kappa shape index (κ2) is 8.29. The molecule has 128 valence electrons. The fourth-order valence-electron chi connectivity index (χ4n) is 2.51. The Morgan fingerprint density at radius 1 is 1.12 bits per heavy atom. The van der Waals surface area contributed by atoms with Gasteiger partial charge in [-0.25, -0.2) is 0 Å². The van der Waals surface area contributed by atoms with E-state index >= 15 is 0 Å². The van der Waals surface area contributed by atoms with Gasteiger partial charge in [-0.2, -0.15) is 5.10 Å². The summed E-state index contributed by atoms with van der Waals surface area (Å²) in [6.45, 7) is 6.85. The van der Waals surface area contributed by atoms with Gasteiger partial charge in [0.05, 0.1) is 24.3 Å². The van der Waals surface area contributed by atoms with Gasteiger partial charge in [0.2, 0.25) is 5.91 Å². The van der Waals surface area contributed by atoms with Crippen LogP contribution in [0, 0.1) is 13.8 Å². The number of amides is 2. The molecule has 0 radical (unpaired) electrons. The molecule has 2 aromatic rings. The number of rotatable bonds is 7. The molecule has 1 aromatic heterocycles. The SMILES string of the molecule is CCCNC(=O)CNC(=O)c1c(C)nn(Cc2ccccc2)c1C. The average molecular weight is 328 g/mol. The van der Waals surface area contributed by atoms with Crippen LogP contribution in [0.2, 0.25) is 0 Å². The van der Waals surface area contributed by atoms with Crippen LogP contribution >= 0.6 is 0 Å². The number of carbonyl (C=O) groups excluding carboxylic acids is 2. The molecule has 0 saturated carbocycles. The number of aromatic nitrogens is 2. The third-order valence-corrected chi connectivity index (χ3v) is 3.77. The summed E-state index contributed by atoms with van der Waals surface area (Å²) in [7, 11) is 0. The number of nitrogens with zero attached hydrogens (tertiary/aromatic N) is 2. The van der Waals surface area contributed by atoms with Crippen molar-refractivity contribution in [1.29, 1.82) is 0 Å². The Morgan fingerprint density at radius 3 is 2.50 bits per heavy atom. The topological polar surface area (TPSA) is 76.0 Å². The van der Waals surface area contributed by atoms with E-state index in [-0.39, 0.29) is 18.4 Å². The minimum absolute atomic E-state index is 0.0262. The largest absolute Gasteiger partial charge is 0.355 e. The maximum absolute atomic E-state index is 12.4. The van der Waals surface area contributed by atoms with Crippen LogP contribution in [0.15, 0.2) is 30.3 Å². The van der Waals surface area contributed by atoms with Crippen LogP contribution in [0.3, 0.4) is 0 Å². The summed E-state index contributed by atoms with van der Waals surface area (Å²) < 4.78 is 1.82. The molecule has 6 nitrogen and oxygen atoms in total. The van der Waals surface area contributed by atoms with Gasteiger partial charge >= 0.3 is 0 Å². The lowest BCUT2D eigenvalue weighted by Gasteiger charge is -2.07. The Hall–Kier alpha value is -2.63. The fraction of sp³-hybridized carbons (Fsp3) is 0.389. The first-order valence-electron chi connectivity index (χ1n) is 8.15. The van der Waals surface area contributed by atoms with Crippen molar-refractivity contribution in [3.63, 3.8) is 0 Å². The summed E-state index contributed by atoms with van der Waals surface area (Å²) in [5, 5.41) is 9.85. The molecule has 0 spiro atoms. The van der Waals surface area contributed by atoms with Gasteiger partial charge in [-0.15, -0.1) is 0 Å². The Labute approximate surface area is 142 Å². The molecule has 1 aromatic carbocycles. The van der Waals surface area contributed by atoms with Crippen molar-refractivity contribution >= 4 is 11.8 Å². The minimum Gasteiger partial charge on any atom is -0.355 e. The Bertz CT molecular complexity index is 707. The van der Waals surface area contributed by atoms with E-state index < -0.39 is 0 Å². The molecule has 0 saturated heterocycles. The van der Waals surface area contributed by atoms with Gasteiger partial charge in [-0.05, 0) is 25.8 Å². The molecule has 2 N–H and O–H groups in total. The molecular formula is C18H24N4O2. The highest BCUT2D eigenvalue weighted by molar-refractivity contribution is 5.98. The maximum atomic E-state index is 12.4. The van der Waals surface area contributed by atoms with Crippen molar-refractivity contribution in [2.75, 3.05) is 13.1 Å². The molecule has 6 heteroatoms. The Kier molecular flexibility index (Phi) is 6.12. The van der Waals surface area contributed by atoms with Crippen molar-refractivity contribution in [2.45, 2.75) is 33.7 Å². The Morgan fingerprint density at radius 2 is 1.83 bits per heavy atom. The molecule has 0 unspecified atom stereocenters. The van der Waals surface area contributed by atoms with Crippen molar-refractivity contribution in [3.05, 3.63) is 52.8 Å². The predicted octanol–water partition coefficient (Wildman–Crippen LogP) is 1.80. The Balaban J connectivity index is 2.05. The molecule has 0 aliphatic heterocycles. The highest BCUT2D eigenvalue weighted by Crippen LogP contribution is 2.14. The monoisotopic (exact) mass is 328 g/mol. The van der Waals surface area contributed by atoms with Crippen LogP contribution in [0.25, 0.3) is 0 Å². The number of aryl methyl sites for hydroxylation is 1. The van der Waals surface area contributed by atoms with Gasteiger partial charge in [0.1, 0.15) is 0 Å². The molecule has 2 amide bonds. The number of hydrogen-bond donors (Lipinski definition) is 2.